The van der Waals surface area contributed by atoms with E-state index < -0.39 is 0 Å². The molecule has 1 rings (SSSR count). The molecule has 0 aromatic heterocycles. The molecule has 0 radical (unpaired) electrons. The Labute approximate surface area is 124 Å². The van der Waals surface area contributed by atoms with Crippen LogP contribution in [0.25, 0.3) is 0 Å². The monoisotopic (exact) mass is 278 g/mol. The summed E-state index contributed by atoms with van der Waals surface area (Å²) in [5.74, 6) is 0.976. The Kier molecular flexibility index (Phi) is 6.50. The van der Waals surface area contributed by atoms with Crippen molar-refractivity contribution in [1.29, 1.82) is 0 Å². The maximum Gasteiger partial charge on any atom is 0.123 e. The second kappa shape index (κ2) is 7.65. The Bertz CT molecular complexity index is 415. The Morgan fingerprint density at radius 2 is 1.95 bits per heavy atom. The smallest absolute Gasteiger partial charge is 0.123 e. The normalized spacial score (nSPS) is 11.9. The second-order valence-corrected chi connectivity index (χ2v) is 5.95. The van der Waals surface area contributed by atoms with Crippen molar-refractivity contribution >= 4 is 0 Å². The molecule has 20 heavy (non-hydrogen) atoms. The molecule has 0 heterocycles. The van der Waals surface area contributed by atoms with Gasteiger partial charge in [0.2, 0.25) is 0 Å². The van der Waals surface area contributed by atoms with Crippen molar-refractivity contribution in [3.8, 4) is 5.75 Å². The summed E-state index contributed by atoms with van der Waals surface area (Å²) in [4.78, 5) is 2.39. The molecule has 0 bridgehead atoms. The fraction of sp³-hybridized carbons (Fsp3) is 0.647. The van der Waals surface area contributed by atoms with Gasteiger partial charge in [-0.05, 0) is 51.6 Å². The molecule has 0 unspecified atom stereocenters. The predicted octanol–water partition coefficient (Wildman–Crippen LogP) is 3.43. The maximum atomic E-state index is 5.50. The van der Waals surface area contributed by atoms with Crippen molar-refractivity contribution in [1.82, 2.24) is 10.2 Å². The summed E-state index contributed by atoms with van der Waals surface area (Å²) in [6, 6.07) is 6.47. The van der Waals surface area contributed by atoms with Crippen LogP contribution in [-0.4, -0.2) is 31.1 Å². The van der Waals surface area contributed by atoms with E-state index in [1.807, 2.05) is 0 Å². The molecule has 0 aliphatic heterocycles. The number of methoxy groups -OCH3 is 1. The first-order valence-electron chi connectivity index (χ1n) is 7.52. The summed E-state index contributed by atoms with van der Waals surface area (Å²) < 4.78 is 5.50. The van der Waals surface area contributed by atoms with E-state index in [1.165, 1.54) is 11.1 Å². The molecule has 1 N–H and O–H groups in total. The van der Waals surface area contributed by atoms with Gasteiger partial charge < -0.3 is 10.1 Å². The topological polar surface area (TPSA) is 24.5 Å². The molecule has 0 saturated heterocycles. The molecule has 0 aliphatic rings. The van der Waals surface area contributed by atoms with Gasteiger partial charge in [0.15, 0.2) is 0 Å². The van der Waals surface area contributed by atoms with Crippen molar-refractivity contribution < 1.29 is 4.74 Å². The van der Waals surface area contributed by atoms with Gasteiger partial charge in [-0.1, -0.05) is 19.9 Å². The van der Waals surface area contributed by atoms with Crippen LogP contribution in [0, 0.1) is 0 Å². The number of ether oxygens (including phenoxy) is 1. The molecule has 0 aliphatic carbocycles. The summed E-state index contributed by atoms with van der Waals surface area (Å²) in [5.41, 5.74) is 2.76. The van der Waals surface area contributed by atoms with Gasteiger partial charge in [0.1, 0.15) is 5.75 Å². The van der Waals surface area contributed by atoms with Crippen molar-refractivity contribution in [2.45, 2.75) is 52.7 Å². The van der Waals surface area contributed by atoms with Crippen LogP contribution in [0.5, 0.6) is 5.75 Å². The average Bonchev–Trinajstić information content (AvgIpc) is 2.45. The SMILES string of the molecule is CCNCc1ccc(OC)c(CN(C)C(C)(C)CC)c1. The van der Waals surface area contributed by atoms with Gasteiger partial charge >= 0.3 is 0 Å². The summed E-state index contributed by atoms with van der Waals surface area (Å²) >= 11 is 0. The first-order valence-corrected chi connectivity index (χ1v) is 7.52. The van der Waals surface area contributed by atoms with Crippen LogP contribution < -0.4 is 10.1 Å². The molecular formula is C17H30N2O. The zero-order chi connectivity index (χ0) is 15.2. The minimum absolute atomic E-state index is 0.197. The highest BCUT2D eigenvalue weighted by Crippen LogP contribution is 2.25. The van der Waals surface area contributed by atoms with Crippen LogP contribution >= 0.6 is 0 Å². The Hall–Kier alpha value is -1.06. The standard InChI is InChI=1S/C17H30N2O/c1-7-17(3,4)19(5)13-15-11-14(12-18-8-2)9-10-16(15)20-6/h9-11,18H,7-8,12-13H2,1-6H3. The third-order valence-electron chi connectivity index (χ3n) is 4.23. The van der Waals surface area contributed by atoms with Crippen molar-refractivity contribution in [2.75, 3.05) is 20.7 Å². The second-order valence-electron chi connectivity index (χ2n) is 5.95. The van der Waals surface area contributed by atoms with E-state index in [1.54, 1.807) is 7.11 Å². The highest BCUT2D eigenvalue weighted by Gasteiger charge is 2.22. The van der Waals surface area contributed by atoms with Gasteiger partial charge in [-0.3, -0.25) is 4.90 Å². The molecule has 0 fully saturated rings. The van der Waals surface area contributed by atoms with Crippen LogP contribution in [-0.2, 0) is 13.1 Å². The van der Waals surface area contributed by atoms with E-state index in [0.29, 0.717) is 0 Å². The molecule has 3 heteroatoms. The minimum atomic E-state index is 0.197. The van der Waals surface area contributed by atoms with E-state index in [2.05, 4.69) is 63.2 Å². The molecule has 1 aromatic carbocycles. The molecule has 114 valence electrons. The highest BCUT2D eigenvalue weighted by molar-refractivity contribution is 5.37. The molecular weight excluding hydrogens is 248 g/mol. The van der Waals surface area contributed by atoms with E-state index in [0.717, 1.165) is 31.8 Å². The fourth-order valence-electron chi connectivity index (χ4n) is 2.07. The van der Waals surface area contributed by atoms with Crippen LogP contribution in [0.3, 0.4) is 0 Å². The Balaban J connectivity index is 2.90. The average molecular weight is 278 g/mol. The Morgan fingerprint density at radius 3 is 2.50 bits per heavy atom. The third-order valence-corrected chi connectivity index (χ3v) is 4.23. The van der Waals surface area contributed by atoms with Crippen LogP contribution in [0.2, 0.25) is 0 Å². The molecule has 1 aromatic rings. The molecule has 0 saturated carbocycles. The number of hydrogen-bond acceptors (Lipinski definition) is 3. The van der Waals surface area contributed by atoms with Crippen LogP contribution in [0.4, 0.5) is 0 Å². The maximum absolute atomic E-state index is 5.50. The zero-order valence-corrected chi connectivity index (χ0v) is 13.9. The summed E-state index contributed by atoms with van der Waals surface area (Å²) in [6.07, 6.45) is 1.13. The molecule has 3 nitrogen and oxygen atoms in total. The lowest BCUT2D eigenvalue weighted by Crippen LogP contribution is -2.39. The van der Waals surface area contributed by atoms with Gasteiger partial charge in [-0.2, -0.15) is 0 Å². The summed E-state index contributed by atoms with van der Waals surface area (Å²) in [6.45, 7) is 11.7. The van der Waals surface area contributed by atoms with Gasteiger partial charge in [0.05, 0.1) is 7.11 Å². The van der Waals surface area contributed by atoms with Crippen LogP contribution in [0.15, 0.2) is 18.2 Å². The van der Waals surface area contributed by atoms with E-state index in [9.17, 15) is 0 Å². The summed E-state index contributed by atoms with van der Waals surface area (Å²) in [7, 11) is 3.92. The highest BCUT2D eigenvalue weighted by atomic mass is 16.5. The quantitative estimate of drug-likeness (QED) is 0.788. The third kappa shape index (κ3) is 4.50. The van der Waals surface area contributed by atoms with E-state index in [-0.39, 0.29) is 5.54 Å². The number of nitrogens with one attached hydrogen (secondary N) is 1. The number of rotatable bonds is 8. The predicted molar refractivity (Wildman–Crippen MR) is 86.2 cm³/mol. The Morgan fingerprint density at radius 1 is 1.25 bits per heavy atom. The lowest BCUT2D eigenvalue weighted by Gasteiger charge is -2.35. The van der Waals surface area contributed by atoms with Crippen molar-refractivity contribution in [3.05, 3.63) is 29.3 Å². The first kappa shape index (κ1) is 17.0. The minimum Gasteiger partial charge on any atom is -0.496 e. The van der Waals surface area contributed by atoms with Crippen LogP contribution in [0.1, 0.15) is 45.2 Å². The number of hydrogen-bond donors (Lipinski definition) is 1. The van der Waals surface area contributed by atoms with Crippen molar-refractivity contribution in [3.63, 3.8) is 0 Å². The van der Waals surface area contributed by atoms with E-state index in [4.69, 9.17) is 4.74 Å². The number of benzene rings is 1. The summed E-state index contributed by atoms with van der Waals surface area (Å²) in [5, 5.41) is 3.37. The lowest BCUT2D eigenvalue weighted by molar-refractivity contribution is 0.141. The molecule has 0 amide bonds. The molecule has 0 spiro atoms. The number of nitrogens with zero attached hydrogens (tertiary/aromatic N) is 1. The lowest BCUT2D eigenvalue weighted by atomic mass is 9.98. The largest absolute Gasteiger partial charge is 0.496 e. The van der Waals surface area contributed by atoms with Gasteiger partial charge in [-0.15, -0.1) is 0 Å². The van der Waals surface area contributed by atoms with Gasteiger partial charge in [-0.25, -0.2) is 0 Å². The first-order chi connectivity index (χ1) is 9.44. The van der Waals surface area contributed by atoms with Crippen molar-refractivity contribution in [2.24, 2.45) is 0 Å². The molecule has 0 atom stereocenters. The zero-order valence-electron chi connectivity index (χ0n) is 13.9. The van der Waals surface area contributed by atoms with E-state index >= 15 is 0 Å². The van der Waals surface area contributed by atoms with Gasteiger partial charge in [0.25, 0.3) is 0 Å². The fourth-order valence-corrected chi connectivity index (χ4v) is 2.07. The van der Waals surface area contributed by atoms with Gasteiger partial charge in [0, 0.05) is 24.2 Å².